The van der Waals surface area contributed by atoms with Gasteiger partial charge in [0, 0.05) is 24.7 Å². The Labute approximate surface area is 144 Å². The first-order valence-electron chi connectivity index (χ1n) is 7.41. The zero-order chi connectivity index (χ0) is 18.0. The van der Waals surface area contributed by atoms with Crippen LogP contribution in [0.5, 0.6) is 5.75 Å². The first-order chi connectivity index (χ1) is 11.9. The van der Waals surface area contributed by atoms with Crippen LogP contribution in [0.2, 0.25) is 0 Å². The van der Waals surface area contributed by atoms with Gasteiger partial charge in [-0.2, -0.15) is 8.42 Å². The molecule has 0 atom stereocenters. The zero-order valence-electron chi connectivity index (χ0n) is 13.3. The van der Waals surface area contributed by atoms with Crippen LogP contribution in [-0.4, -0.2) is 44.3 Å². The fourth-order valence-corrected chi connectivity index (χ4v) is 3.70. The van der Waals surface area contributed by atoms with Gasteiger partial charge in [0.25, 0.3) is 15.7 Å². The van der Waals surface area contributed by atoms with Crippen LogP contribution in [0.25, 0.3) is 0 Å². The largest absolute Gasteiger partial charge is 0.492 e. The summed E-state index contributed by atoms with van der Waals surface area (Å²) in [6.07, 6.45) is 0. The number of sulfonamides is 1. The molecule has 1 heterocycles. The van der Waals surface area contributed by atoms with Crippen LogP contribution >= 0.6 is 0 Å². The number of nitro groups is 1. The number of likely N-dealkylation sites (N-methyl/N-ethyl adjacent to an activating group) is 1. The molecule has 0 amide bonds. The van der Waals surface area contributed by atoms with E-state index < -0.39 is 14.9 Å². The van der Waals surface area contributed by atoms with Crippen molar-refractivity contribution in [2.24, 2.45) is 4.40 Å². The van der Waals surface area contributed by atoms with E-state index in [1.807, 2.05) is 30.3 Å². The summed E-state index contributed by atoms with van der Waals surface area (Å²) in [4.78, 5) is 11.7. The minimum atomic E-state index is -3.93. The van der Waals surface area contributed by atoms with Crippen LogP contribution in [-0.2, 0) is 10.0 Å². The second-order valence-electron chi connectivity index (χ2n) is 5.41. The summed E-state index contributed by atoms with van der Waals surface area (Å²) in [5.74, 6) is 0.967. The molecular formula is C16H15N3O5S. The molecule has 0 saturated heterocycles. The lowest BCUT2D eigenvalue weighted by molar-refractivity contribution is -0.385. The molecule has 0 saturated carbocycles. The summed E-state index contributed by atoms with van der Waals surface area (Å²) in [5, 5.41) is 10.8. The van der Waals surface area contributed by atoms with E-state index in [-0.39, 0.29) is 16.4 Å². The maximum Gasteiger partial charge on any atom is 0.285 e. The molecule has 2 aromatic carbocycles. The molecule has 3 rings (SSSR count). The molecule has 0 N–H and O–H groups in total. The van der Waals surface area contributed by atoms with Crippen LogP contribution in [0.15, 0.2) is 57.8 Å². The van der Waals surface area contributed by atoms with Crippen molar-refractivity contribution in [1.29, 1.82) is 0 Å². The first-order valence-corrected chi connectivity index (χ1v) is 8.85. The van der Waals surface area contributed by atoms with E-state index >= 15 is 0 Å². The van der Waals surface area contributed by atoms with Gasteiger partial charge in [-0.05, 0) is 18.2 Å². The van der Waals surface area contributed by atoms with Gasteiger partial charge in [0.05, 0.1) is 11.5 Å². The number of nitrogens with zero attached hydrogens (tertiary/aromatic N) is 3. The fraction of sp³-hybridized carbons (Fsp3) is 0.188. The lowest BCUT2D eigenvalue weighted by Gasteiger charge is -2.19. The highest BCUT2D eigenvalue weighted by Gasteiger charge is 2.32. The third-order valence-corrected chi connectivity index (χ3v) is 5.01. The Morgan fingerprint density at radius 1 is 1.20 bits per heavy atom. The molecule has 0 bridgehead atoms. The maximum absolute atomic E-state index is 12.2. The van der Waals surface area contributed by atoms with Gasteiger partial charge in [-0.1, -0.05) is 18.2 Å². The van der Waals surface area contributed by atoms with E-state index in [0.717, 1.165) is 6.07 Å². The third kappa shape index (κ3) is 3.45. The van der Waals surface area contributed by atoms with Crippen molar-refractivity contribution < 1.29 is 18.1 Å². The molecule has 0 spiro atoms. The topological polar surface area (TPSA) is 102 Å². The van der Waals surface area contributed by atoms with E-state index in [4.69, 9.17) is 4.74 Å². The number of rotatable bonds is 5. The summed E-state index contributed by atoms with van der Waals surface area (Å²) in [6, 6.07) is 13.0. The highest BCUT2D eigenvalue weighted by atomic mass is 32.2. The number of nitro benzene ring substituents is 1. The Hall–Kier alpha value is -2.94. The summed E-state index contributed by atoms with van der Waals surface area (Å²) >= 11 is 0. The smallest absolute Gasteiger partial charge is 0.285 e. The van der Waals surface area contributed by atoms with Gasteiger partial charge in [0.1, 0.15) is 17.3 Å². The number of fused-ring (bicyclic) bond motifs is 1. The lowest BCUT2D eigenvalue weighted by Crippen LogP contribution is -2.30. The second kappa shape index (κ2) is 6.52. The summed E-state index contributed by atoms with van der Waals surface area (Å²) in [6.45, 7) is 0.738. The summed E-state index contributed by atoms with van der Waals surface area (Å²) in [7, 11) is -2.24. The molecule has 2 aromatic rings. The average molecular weight is 361 g/mol. The van der Waals surface area contributed by atoms with Crippen molar-refractivity contribution in [3.05, 3.63) is 64.2 Å². The molecule has 1 aliphatic rings. The van der Waals surface area contributed by atoms with E-state index in [1.165, 1.54) is 12.1 Å². The SMILES string of the molecule is CN(CCOc1ccccc1)C1=NS(=O)(=O)c2cc([N+](=O)[O-])ccc21. The third-order valence-electron chi connectivity index (χ3n) is 3.70. The Balaban J connectivity index is 1.76. The Bertz CT molecular complexity index is 941. The molecule has 0 aliphatic carbocycles. The minimum absolute atomic E-state index is 0.146. The van der Waals surface area contributed by atoms with Gasteiger partial charge in [-0.25, -0.2) is 0 Å². The predicted octanol–water partition coefficient (Wildman–Crippen LogP) is 2.05. The lowest BCUT2D eigenvalue weighted by atomic mass is 10.1. The van der Waals surface area contributed by atoms with Crippen LogP contribution in [0.1, 0.15) is 5.56 Å². The maximum atomic E-state index is 12.2. The first kappa shape index (κ1) is 16.9. The quantitative estimate of drug-likeness (QED) is 0.597. The van der Waals surface area contributed by atoms with E-state index in [0.29, 0.717) is 24.5 Å². The number of benzene rings is 2. The zero-order valence-corrected chi connectivity index (χ0v) is 14.1. The fourth-order valence-electron chi connectivity index (χ4n) is 2.43. The Morgan fingerprint density at radius 3 is 2.60 bits per heavy atom. The molecule has 0 radical (unpaired) electrons. The molecule has 8 nitrogen and oxygen atoms in total. The van der Waals surface area contributed by atoms with Crippen LogP contribution in [0.4, 0.5) is 5.69 Å². The van der Waals surface area contributed by atoms with Crippen molar-refractivity contribution in [2.75, 3.05) is 20.2 Å². The number of amidine groups is 1. The standard InChI is InChI=1S/C16H15N3O5S/c1-18(9-10-24-13-5-3-2-4-6-13)16-14-8-7-12(19(20)21)11-15(14)25(22,23)17-16/h2-8,11H,9-10H2,1H3. The highest BCUT2D eigenvalue weighted by molar-refractivity contribution is 7.90. The van der Waals surface area contributed by atoms with E-state index in [1.54, 1.807) is 11.9 Å². The van der Waals surface area contributed by atoms with Crippen LogP contribution in [0.3, 0.4) is 0 Å². The highest BCUT2D eigenvalue weighted by Crippen LogP contribution is 2.30. The molecule has 1 aliphatic heterocycles. The van der Waals surface area contributed by atoms with Gasteiger partial charge >= 0.3 is 0 Å². The van der Waals surface area contributed by atoms with Gasteiger partial charge in [-0.3, -0.25) is 10.1 Å². The number of hydrogen-bond donors (Lipinski definition) is 0. The molecule has 25 heavy (non-hydrogen) atoms. The van der Waals surface area contributed by atoms with Crippen molar-refractivity contribution in [3.63, 3.8) is 0 Å². The average Bonchev–Trinajstić information content (AvgIpc) is 2.87. The number of non-ortho nitro benzene ring substituents is 1. The van der Waals surface area contributed by atoms with E-state index in [9.17, 15) is 18.5 Å². The predicted molar refractivity (Wildman–Crippen MR) is 91.4 cm³/mol. The molecule has 0 unspecified atom stereocenters. The van der Waals surface area contributed by atoms with E-state index in [2.05, 4.69) is 4.40 Å². The van der Waals surface area contributed by atoms with Crippen molar-refractivity contribution in [3.8, 4) is 5.75 Å². The number of para-hydroxylation sites is 1. The van der Waals surface area contributed by atoms with Gasteiger partial charge in [0.2, 0.25) is 0 Å². The normalized spacial score (nSPS) is 14.5. The molecule has 0 fully saturated rings. The number of hydrogen-bond acceptors (Lipinski definition) is 6. The van der Waals surface area contributed by atoms with Gasteiger partial charge in [-0.15, -0.1) is 4.40 Å². The Kier molecular flexibility index (Phi) is 4.41. The van der Waals surface area contributed by atoms with Crippen molar-refractivity contribution in [1.82, 2.24) is 4.90 Å². The van der Waals surface area contributed by atoms with Gasteiger partial charge < -0.3 is 9.64 Å². The second-order valence-corrected chi connectivity index (χ2v) is 6.98. The van der Waals surface area contributed by atoms with Crippen LogP contribution < -0.4 is 4.74 Å². The molecule has 130 valence electrons. The molecule has 9 heteroatoms. The monoisotopic (exact) mass is 361 g/mol. The van der Waals surface area contributed by atoms with Crippen molar-refractivity contribution in [2.45, 2.75) is 4.90 Å². The molecule has 0 aromatic heterocycles. The number of ether oxygens (including phenoxy) is 1. The Morgan fingerprint density at radius 2 is 1.92 bits per heavy atom. The molecular weight excluding hydrogens is 346 g/mol. The summed E-state index contributed by atoms with van der Waals surface area (Å²) in [5.41, 5.74) is 0.0710. The van der Waals surface area contributed by atoms with Crippen LogP contribution in [0, 0.1) is 10.1 Å². The van der Waals surface area contributed by atoms with Crippen molar-refractivity contribution >= 4 is 21.5 Å². The minimum Gasteiger partial charge on any atom is -0.492 e. The summed E-state index contributed by atoms with van der Waals surface area (Å²) < 4.78 is 33.7. The van der Waals surface area contributed by atoms with Gasteiger partial charge in [0.15, 0.2) is 5.84 Å².